The van der Waals surface area contributed by atoms with Crippen LogP contribution in [0.4, 0.5) is 0 Å². The lowest BCUT2D eigenvalue weighted by Gasteiger charge is -2.27. The van der Waals surface area contributed by atoms with Crippen LogP contribution < -0.4 is 65.5 Å². The average molecular weight is 1150 g/mol. The van der Waals surface area contributed by atoms with Crippen molar-refractivity contribution >= 4 is 71.8 Å². The van der Waals surface area contributed by atoms with Crippen LogP contribution in [0.15, 0.2) is 83.9 Å². The largest absolute Gasteiger partial charge is 0.508 e. The number of amides is 8. The third-order valence-corrected chi connectivity index (χ3v) is 13.0. The van der Waals surface area contributed by atoms with Gasteiger partial charge in [0, 0.05) is 31.6 Å². The summed E-state index contributed by atoms with van der Waals surface area (Å²) in [5.41, 5.74) is 24.0. The number of carboxylic acids is 1. The zero-order valence-electron chi connectivity index (χ0n) is 46.2. The molecule has 0 radical (unpaired) electrons. The van der Waals surface area contributed by atoms with Gasteiger partial charge in [-0.1, -0.05) is 88.7 Å². The van der Waals surface area contributed by atoms with E-state index in [0.717, 1.165) is 0 Å². The summed E-state index contributed by atoms with van der Waals surface area (Å²) in [5.74, 6) is -8.96. The normalized spacial score (nSPS) is 14.0. The molecule has 3 rings (SSSR count). The van der Waals surface area contributed by atoms with Gasteiger partial charge in [-0.25, -0.2) is 4.79 Å². The maximum atomic E-state index is 14.3. The molecule has 0 aliphatic carbocycles. The summed E-state index contributed by atoms with van der Waals surface area (Å²) in [4.78, 5) is 127. The topological polar surface area (TPSA) is 427 Å². The fourth-order valence-corrected chi connectivity index (χ4v) is 8.45. The van der Waals surface area contributed by atoms with Gasteiger partial charge in [0.05, 0.1) is 12.6 Å². The Bertz CT molecular complexity index is 2570. The van der Waals surface area contributed by atoms with E-state index >= 15 is 0 Å². The van der Waals surface area contributed by atoms with Crippen molar-refractivity contribution < 1.29 is 58.5 Å². The van der Waals surface area contributed by atoms with Crippen LogP contribution in [0.3, 0.4) is 0 Å². The van der Waals surface area contributed by atoms with E-state index in [2.05, 4.69) is 60.2 Å². The summed E-state index contributed by atoms with van der Waals surface area (Å²) < 4.78 is 0. The second kappa shape index (κ2) is 34.9. The number of aromatic hydroxyl groups is 2. The van der Waals surface area contributed by atoms with Crippen molar-refractivity contribution in [2.45, 2.75) is 134 Å². The number of nitrogens with one attached hydrogen (secondary N) is 8. The van der Waals surface area contributed by atoms with Gasteiger partial charge in [0.1, 0.15) is 53.8 Å². The highest BCUT2D eigenvalue weighted by molar-refractivity contribution is 7.80. The van der Waals surface area contributed by atoms with Gasteiger partial charge in [0.15, 0.2) is 5.96 Å². The number of benzene rings is 3. The van der Waals surface area contributed by atoms with Gasteiger partial charge >= 0.3 is 5.97 Å². The molecular weight excluding hydrogens is 1070 g/mol. The van der Waals surface area contributed by atoms with Crippen LogP contribution in [-0.2, 0) is 62.4 Å². The SMILES string of the molecule is CC(C)C[C@H](NC(=O)[C@@H](N)CCCCN)C(=O)N[C@@H](Cc1ccc(O)cc1)C(=O)NCC(=O)N[C@H](C(=O)N[C@@H](Cc1ccc(O)cc1)C(=O)N[C@@H](CS)C(=O)N[C@@H](Cc1ccccc1)C(=O)N[C@@H](CCCN=C(N)N)C(=O)O)C(C)C. The molecule has 0 heterocycles. The van der Waals surface area contributed by atoms with Gasteiger partial charge < -0.3 is 80.8 Å². The molecule has 0 saturated heterocycles. The quantitative estimate of drug-likeness (QED) is 0.0143. The van der Waals surface area contributed by atoms with Gasteiger partial charge in [0.25, 0.3) is 0 Å². The molecule has 25 nitrogen and oxygen atoms in total. The lowest BCUT2D eigenvalue weighted by atomic mass is 10.00. The van der Waals surface area contributed by atoms with Gasteiger partial charge in [0.2, 0.25) is 47.3 Å². The molecule has 0 bridgehead atoms. The molecule has 0 aliphatic rings. The second-order valence-electron chi connectivity index (χ2n) is 20.3. The zero-order chi connectivity index (χ0) is 60.2. The van der Waals surface area contributed by atoms with Gasteiger partial charge in [-0.3, -0.25) is 43.3 Å². The Kier molecular flexibility index (Phi) is 29.0. The molecule has 0 spiro atoms. The number of guanidine groups is 1. The molecule has 19 N–H and O–H groups in total. The highest BCUT2D eigenvalue weighted by Gasteiger charge is 2.34. The van der Waals surface area contributed by atoms with E-state index in [1.165, 1.54) is 36.4 Å². The fourth-order valence-electron chi connectivity index (χ4n) is 8.19. The Morgan fingerprint density at radius 1 is 0.543 bits per heavy atom. The number of rotatable bonds is 35. The van der Waals surface area contributed by atoms with Crippen LogP contribution in [0, 0.1) is 11.8 Å². The average Bonchev–Trinajstić information content (AvgIpc) is 3.42. The molecule has 81 heavy (non-hydrogen) atoms. The summed E-state index contributed by atoms with van der Waals surface area (Å²) >= 11 is 4.31. The summed E-state index contributed by atoms with van der Waals surface area (Å²) in [6.07, 6.45) is 1.58. The van der Waals surface area contributed by atoms with E-state index in [4.69, 9.17) is 22.9 Å². The zero-order valence-corrected chi connectivity index (χ0v) is 47.1. The highest BCUT2D eigenvalue weighted by Crippen LogP contribution is 2.15. The first-order chi connectivity index (χ1) is 38.4. The predicted octanol–water partition coefficient (Wildman–Crippen LogP) is -1.14. The Morgan fingerprint density at radius 2 is 1.00 bits per heavy atom. The number of hydrogen-bond acceptors (Lipinski definition) is 15. The molecular formula is C55H81N13O12S. The molecule has 0 aliphatic heterocycles. The third-order valence-electron chi connectivity index (χ3n) is 12.6. The molecule has 0 saturated carbocycles. The smallest absolute Gasteiger partial charge is 0.326 e. The van der Waals surface area contributed by atoms with E-state index in [1.54, 1.807) is 56.3 Å². The Balaban J connectivity index is 1.82. The number of aliphatic carboxylic acids is 1. The first-order valence-corrected chi connectivity index (χ1v) is 27.4. The fraction of sp³-hybridized carbons (Fsp3) is 0.491. The lowest BCUT2D eigenvalue weighted by Crippen LogP contribution is -2.60. The third kappa shape index (κ3) is 24.9. The molecule has 26 heteroatoms. The van der Waals surface area contributed by atoms with Crippen LogP contribution in [0.2, 0.25) is 0 Å². The minimum Gasteiger partial charge on any atom is -0.508 e. The lowest BCUT2D eigenvalue weighted by molar-refractivity contribution is -0.142. The minimum atomic E-state index is -1.44. The van der Waals surface area contributed by atoms with E-state index < -0.39 is 114 Å². The number of carbonyl (C=O) groups excluding carboxylic acids is 8. The van der Waals surface area contributed by atoms with Crippen molar-refractivity contribution in [1.29, 1.82) is 0 Å². The number of phenols is 2. The molecule has 3 aromatic rings. The standard InChI is InChI=1S/C55H81N13O12S/c1-31(2)25-40(63-47(72)38(57)13-8-9-23-56)49(74)64-41(27-34-15-19-36(69)20-16-34)48(73)61-29-45(71)68-46(32(3)4)53(78)66-43(28-35-17-21-37(70)22-18-35)51(76)67-44(30-81)52(77)65-42(26-33-11-6-5-7-12-33)50(75)62-39(54(79)80)14-10-24-60-55(58)59/h5-7,11-12,15-22,31-32,38-44,46,69-70,81H,8-10,13-14,23-30,56-57H2,1-4H3,(H,61,73)(H,62,75)(H,63,72)(H,64,74)(H,65,77)(H,66,78)(H,67,76)(H,68,71)(H,79,80)(H4,58,59,60)/t38-,39-,40-,41-,42-,43-,44-,46-/m0/s1. The first-order valence-electron chi connectivity index (χ1n) is 26.7. The van der Waals surface area contributed by atoms with Gasteiger partial charge in [-0.05, 0) is 91.4 Å². The van der Waals surface area contributed by atoms with Crippen molar-refractivity contribution in [2.75, 3.05) is 25.4 Å². The van der Waals surface area contributed by atoms with E-state index in [9.17, 15) is 58.5 Å². The summed E-state index contributed by atoms with van der Waals surface area (Å²) in [5, 5.41) is 50.6. The molecule has 0 unspecified atom stereocenters. The maximum Gasteiger partial charge on any atom is 0.326 e. The monoisotopic (exact) mass is 1150 g/mol. The van der Waals surface area contributed by atoms with Crippen molar-refractivity contribution in [3.8, 4) is 11.5 Å². The summed E-state index contributed by atoms with van der Waals surface area (Å²) in [6, 6.07) is 9.99. The molecule has 8 atom stereocenters. The van der Waals surface area contributed by atoms with Crippen molar-refractivity contribution in [3.63, 3.8) is 0 Å². The number of phenolic OH excluding ortho intramolecular Hbond substituents is 2. The van der Waals surface area contributed by atoms with Crippen LogP contribution >= 0.6 is 12.6 Å². The predicted molar refractivity (Wildman–Crippen MR) is 307 cm³/mol. The van der Waals surface area contributed by atoms with E-state index in [0.29, 0.717) is 42.5 Å². The first kappa shape index (κ1) is 67.3. The Morgan fingerprint density at radius 3 is 1.48 bits per heavy atom. The number of thiol groups is 1. The van der Waals surface area contributed by atoms with Gasteiger partial charge in [-0.15, -0.1) is 0 Å². The molecule has 3 aromatic carbocycles. The minimum absolute atomic E-state index is 0.0419. The molecule has 8 amide bonds. The molecule has 0 fully saturated rings. The number of nitrogens with two attached hydrogens (primary N) is 4. The highest BCUT2D eigenvalue weighted by atomic mass is 32.1. The Hall–Kier alpha value is -7.97. The van der Waals surface area contributed by atoms with Crippen molar-refractivity contribution in [1.82, 2.24) is 42.5 Å². The summed E-state index contributed by atoms with van der Waals surface area (Å²) in [6.45, 7) is 6.79. The molecule has 0 aromatic heterocycles. The number of aliphatic imine (C=N–C) groups is 1. The van der Waals surface area contributed by atoms with Crippen LogP contribution in [0.5, 0.6) is 11.5 Å². The van der Waals surface area contributed by atoms with Crippen LogP contribution in [0.25, 0.3) is 0 Å². The number of hydrogen-bond donors (Lipinski definition) is 16. The van der Waals surface area contributed by atoms with E-state index in [1.807, 2.05) is 13.8 Å². The number of carboxylic acid groups (broad SMARTS) is 1. The number of nitrogens with zero attached hydrogens (tertiary/aromatic N) is 1. The van der Waals surface area contributed by atoms with Gasteiger partial charge in [-0.2, -0.15) is 12.6 Å². The number of carbonyl (C=O) groups is 9. The molecule has 444 valence electrons. The Labute approximate surface area is 477 Å². The second-order valence-corrected chi connectivity index (χ2v) is 20.7. The van der Waals surface area contributed by atoms with Crippen molar-refractivity contribution in [2.24, 2.45) is 39.8 Å². The maximum absolute atomic E-state index is 14.3. The van der Waals surface area contributed by atoms with Crippen molar-refractivity contribution in [3.05, 3.63) is 95.6 Å². The van der Waals surface area contributed by atoms with Crippen LogP contribution in [-0.4, -0.2) is 148 Å². The summed E-state index contributed by atoms with van der Waals surface area (Å²) in [7, 11) is 0. The number of unbranched alkanes of at least 4 members (excludes halogenated alkanes) is 1. The van der Waals surface area contributed by atoms with E-state index in [-0.39, 0.29) is 74.2 Å². The van der Waals surface area contributed by atoms with Crippen LogP contribution in [0.1, 0.15) is 82.9 Å².